The quantitative estimate of drug-likeness (QED) is 0.685. The van der Waals surface area contributed by atoms with Crippen molar-refractivity contribution in [1.82, 2.24) is 28.7 Å². The van der Waals surface area contributed by atoms with Gasteiger partial charge in [0.15, 0.2) is 5.03 Å². The fourth-order valence-electron chi connectivity index (χ4n) is 3.86. The highest BCUT2D eigenvalue weighted by Crippen LogP contribution is 2.25. The number of hydrogen-bond acceptors (Lipinski definition) is 7. The molecule has 0 aromatic carbocycles. The maximum Gasteiger partial charge on any atom is 0.262 e. The Labute approximate surface area is 170 Å². The van der Waals surface area contributed by atoms with Crippen molar-refractivity contribution < 1.29 is 13.2 Å². The van der Waals surface area contributed by atoms with Crippen LogP contribution in [-0.2, 0) is 21.9 Å². The highest BCUT2D eigenvalue weighted by atomic mass is 32.2. The molecule has 4 heterocycles. The summed E-state index contributed by atoms with van der Waals surface area (Å²) >= 11 is 0. The van der Waals surface area contributed by atoms with Crippen molar-refractivity contribution in [2.45, 2.75) is 17.9 Å². The first-order valence-corrected chi connectivity index (χ1v) is 11.2. The van der Waals surface area contributed by atoms with E-state index in [1.165, 1.54) is 16.8 Å². The number of anilines is 1. The molecule has 4 rings (SSSR count). The minimum atomic E-state index is -3.68. The Hall–Kier alpha value is -2.53. The Morgan fingerprint density at radius 2 is 1.79 bits per heavy atom. The lowest BCUT2D eigenvalue weighted by Gasteiger charge is -2.38. The van der Waals surface area contributed by atoms with Gasteiger partial charge >= 0.3 is 0 Å². The van der Waals surface area contributed by atoms with Gasteiger partial charge in [-0.05, 0) is 18.9 Å². The van der Waals surface area contributed by atoms with E-state index in [9.17, 15) is 13.2 Å². The van der Waals surface area contributed by atoms with E-state index in [0.29, 0.717) is 51.5 Å². The highest BCUT2D eigenvalue weighted by molar-refractivity contribution is 7.89. The minimum absolute atomic E-state index is 0.0274. The number of rotatable bonds is 4. The third-order valence-electron chi connectivity index (χ3n) is 5.45. The molecule has 0 spiro atoms. The van der Waals surface area contributed by atoms with Crippen molar-refractivity contribution in [2.24, 2.45) is 13.0 Å². The lowest BCUT2D eigenvalue weighted by atomic mass is 9.98. The third-order valence-corrected chi connectivity index (χ3v) is 7.20. The van der Waals surface area contributed by atoms with Crippen LogP contribution in [0.4, 0.5) is 5.95 Å². The molecule has 1 unspecified atom stereocenters. The van der Waals surface area contributed by atoms with Gasteiger partial charge in [-0.1, -0.05) is 0 Å². The average molecular weight is 420 g/mol. The lowest BCUT2D eigenvalue weighted by Crippen LogP contribution is -2.53. The van der Waals surface area contributed by atoms with Gasteiger partial charge < -0.3 is 14.4 Å². The first kappa shape index (κ1) is 19.8. The van der Waals surface area contributed by atoms with Gasteiger partial charge in [-0.15, -0.1) is 0 Å². The fraction of sp³-hybridized carbons (Fsp3) is 0.556. The number of piperazine rings is 1. The van der Waals surface area contributed by atoms with E-state index >= 15 is 0 Å². The Morgan fingerprint density at radius 3 is 2.45 bits per heavy atom. The SMILES string of the molecule is Cn1cnc(S(=O)(=O)N2CCCC(C(=O)N3CCN(c4ncccn4)CC3)C2)c1. The number of carbonyl (C=O) groups excluding carboxylic acids is 1. The molecule has 2 aliphatic heterocycles. The van der Waals surface area contributed by atoms with Crippen molar-refractivity contribution in [2.75, 3.05) is 44.2 Å². The number of aromatic nitrogens is 4. The summed E-state index contributed by atoms with van der Waals surface area (Å²) in [7, 11) is -1.95. The Bertz CT molecular complexity index is 955. The second-order valence-corrected chi connectivity index (χ2v) is 9.33. The molecule has 10 nitrogen and oxygen atoms in total. The average Bonchev–Trinajstić information content (AvgIpc) is 3.21. The van der Waals surface area contributed by atoms with Crippen LogP contribution in [0.3, 0.4) is 0 Å². The van der Waals surface area contributed by atoms with Crippen LogP contribution in [0, 0.1) is 5.92 Å². The molecule has 2 fully saturated rings. The van der Waals surface area contributed by atoms with E-state index in [-0.39, 0.29) is 23.4 Å². The van der Waals surface area contributed by atoms with E-state index in [4.69, 9.17) is 0 Å². The number of aryl methyl sites for hydroxylation is 1. The summed E-state index contributed by atoms with van der Waals surface area (Å²) in [6.45, 7) is 3.12. The number of imidazole rings is 1. The van der Waals surface area contributed by atoms with Gasteiger partial charge in [0, 0.05) is 64.9 Å². The summed E-state index contributed by atoms with van der Waals surface area (Å²) in [4.78, 5) is 29.4. The van der Waals surface area contributed by atoms with Gasteiger partial charge in [-0.2, -0.15) is 4.31 Å². The molecular weight excluding hydrogens is 394 g/mol. The Morgan fingerprint density at radius 1 is 1.07 bits per heavy atom. The summed E-state index contributed by atoms with van der Waals surface area (Å²) in [5, 5.41) is 0.0320. The maximum atomic E-state index is 13.0. The zero-order valence-electron chi connectivity index (χ0n) is 16.4. The smallest absolute Gasteiger partial charge is 0.262 e. The molecule has 2 aromatic heterocycles. The molecule has 1 atom stereocenters. The number of carbonyl (C=O) groups is 1. The largest absolute Gasteiger partial charge is 0.339 e. The number of amides is 1. The summed E-state index contributed by atoms with van der Waals surface area (Å²) in [5.41, 5.74) is 0. The van der Waals surface area contributed by atoms with Crippen LogP contribution in [0.5, 0.6) is 0 Å². The van der Waals surface area contributed by atoms with Crippen molar-refractivity contribution >= 4 is 21.9 Å². The first-order valence-electron chi connectivity index (χ1n) is 9.74. The van der Waals surface area contributed by atoms with Gasteiger partial charge in [0.1, 0.15) is 0 Å². The lowest BCUT2D eigenvalue weighted by molar-refractivity contribution is -0.137. The van der Waals surface area contributed by atoms with E-state index < -0.39 is 10.0 Å². The van der Waals surface area contributed by atoms with Crippen LogP contribution in [0.1, 0.15) is 12.8 Å². The Kier molecular flexibility index (Phi) is 5.50. The van der Waals surface area contributed by atoms with E-state index in [1.54, 1.807) is 30.1 Å². The predicted molar refractivity (Wildman–Crippen MR) is 106 cm³/mol. The topological polar surface area (TPSA) is 105 Å². The van der Waals surface area contributed by atoms with Crippen molar-refractivity contribution in [3.8, 4) is 0 Å². The molecule has 156 valence electrons. The van der Waals surface area contributed by atoms with E-state index in [2.05, 4.69) is 19.9 Å². The highest BCUT2D eigenvalue weighted by Gasteiger charge is 2.36. The molecule has 2 aliphatic rings. The zero-order chi connectivity index (χ0) is 20.4. The van der Waals surface area contributed by atoms with Crippen molar-refractivity contribution in [3.63, 3.8) is 0 Å². The Balaban J connectivity index is 1.38. The first-order chi connectivity index (χ1) is 13.9. The monoisotopic (exact) mass is 419 g/mol. The molecule has 1 amide bonds. The second-order valence-electron chi connectivity index (χ2n) is 7.44. The van der Waals surface area contributed by atoms with Crippen molar-refractivity contribution in [3.05, 3.63) is 31.0 Å². The molecule has 0 N–H and O–H groups in total. The number of piperidine rings is 1. The molecular formula is C18H25N7O3S. The number of sulfonamides is 1. The van der Waals surface area contributed by atoms with Crippen LogP contribution in [0.25, 0.3) is 0 Å². The normalized spacial score (nSPS) is 21.3. The van der Waals surface area contributed by atoms with Gasteiger partial charge in [0.2, 0.25) is 11.9 Å². The standard InChI is InChI=1S/C18H25N7O3S/c1-22-13-16(21-14-22)29(27,28)25-7-2-4-15(12-25)17(26)23-8-10-24(11-9-23)18-19-5-3-6-20-18/h3,5-6,13-15H,2,4,7-12H2,1H3. The van der Waals surface area contributed by atoms with Crippen LogP contribution >= 0.6 is 0 Å². The molecule has 0 radical (unpaired) electrons. The summed E-state index contributed by atoms with van der Waals surface area (Å²) in [5.74, 6) is 0.381. The fourth-order valence-corrected chi connectivity index (χ4v) is 5.35. The van der Waals surface area contributed by atoms with Gasteiger partial charge in [0.25, 0.3) is 10.0 Å². The molecule has 0 aliphatic carbocycles. The van der Waals surface area contributed by atoms with Crippen molar-refractivity contribution in [1.29, 1.82) is 0 Å². The summed E-state index contributed by atoms with van der Waals surface area (Å²) in [6.07, 6.45) is 7.74. The molecule has 0 bridgehead atoms. The molecule has 0 saturated carbocycles. The minimum Gasteiger partial charge on any atom is -0.339 e. The maximum absolute atomic E-state index is 13.0. The van der Waals surface area contributed by atoms with Gasteiger partial charge in [-0.25, -0.2) is 23.4 Å². The zero-order valence-corrected chi connectivity index (χ0v) is 17.2. The van der Waals surface area contributed by atoms with Crippen LogP contribution < -0.4 is 4.90 Å². The van der Waals surface area contributed by atoms with Crippen LogP contribution in [-0.4, -0.2) is 82.3 Å². The summed E-state index contributed by atoms with van der Waals surface area (Å²) < 4.78 is 28.7. The van der Waals surface area contributed by atoms with E-state index in [1.807, 2.05) is 4.90 Å². The van der Waals surface area contributed by atoms with Gasteiger partial charge in [0.05, 0.1) is 12.2 Å². The van der Waals surface area contributed by atoms with E-state index in [0.717, 1.165) is 0 Å². The molecule has 11 heteroatoms. The van der Waals surface area contributed by atoms with Crippen LogP contribution in [0.2, 0.25) is 0 Å². The third kappa shape index (κ3) is 4.10. The second kappa shape index (κ2) is 8.07. The number of nitrogens with zero attached hydrogens (tertiary/aromatic N) is 7. The number of hydrogen-bond donors (Lipinski definition) is 0. The molecule has 2 saturated heterocycles. The molecule has 29 heavy (non-hydrogen) atoms. The van der Waals surface area contributed by atoms with Crippen LogP contribution in [0.15, 0.2) is 36.0 Å². The van der Waals surface area contributed by atoms with Gasteiger partial charge in [-0.3, -0.25) is 4.79 Å². The summed E-state index contributed by atoms with van der Waals surface area (Å²) in [6, 6.07) is 1.77. The predicted octanol–water partition coefficient (Wildman–Crippen LogP) is -0.0404. The molecule has 2 aromatic rings.